The van der Waals surface area contributed by atoms with Gasteiger partial charge in [0, 0.05) is 11.4 Å². The maximum Gasteiger partial charge on any atom is 0.315 e. The van der Waals surface area contributed by atoms with Crippen LogP contribution < -0.4 is 10.6 Å². The third-order valence-electron chi connectivity index (χ3n) is 4.12. The minimum absolute atomic E-state index is 0.159. The molecule has 2 aromatic heterocycles. The van der Waals surface area contributed by atoms with E-state index in [1.807, 2.05) is 51.4 Å². The molecule has 3 aromatic rings. The first-order valence-electron chi connectivity index (χ1n) is 8.23. The molecular formula is C18H23N5OS. The van der Waals surface area contributed by atoms with Gasteiger partial charge in [-0.3, -0.25) is 0 Å². The van der Waals surface area contributed by atoms with Crippen LogP contribution in [0.4, 0.5) is 4.79 Å². The molecule has 0 bridgehead atoms. The molecule has 7 heteroatoms. The largest absolute Gasteiger partial charge is 0.340 e. The Morgan fingerprint density at radius 3 is 2.76 bits per heavy atom. The number of imidazole rings is 1. The molecule has 2 unspecified atom stereocenters. The molecule has 2 atom stereocenters. The van der Waals surface area contributed by atoms with Crippen LogP contribution in [0.1, 0.15) is 29.7 Å². The van der Waals surface area contributed by atoms with E-state index in [4.69, 9.17) is 0 Å². The summed E-state index contributed by atoms with van der Waals surface area (Å²) in [5, 5.41) is 7.95. The Labute approximate surface area is 151 Å². The van der Waals surface area contributed by atoms with Crippen LogP contribution in [0.2, 0.25) is 0 Å². The van der Waals surface area contributed by atoms with Gasteiger partial charge in [0.1, 0.15) is 5.82 Å². The molecule has 0 saturated carbocycles. The van der Waals surface area contributed by atoms with Gasteiger partial charge in [0.15, 0.2) is 0 Å². The van der Waals surface area contributed by atoms with Crippen LogP contribution >= 0.6 is 11.3 Å². The van der Waals surface area contributed by atoms with Crippen LogP contribution in [-0.2, 0) is 0 Å². The molecule has 2 amide bonds. The molecule has 1 aromatic carbocycles. The lowest BCUT2D eigenvalue weighted by molar-refractivity contribution is 0.230. The number of nitrogens with zero attached hydrogens (tertiary/aromatic N) is 2. The number of thiophene rings is 1. The molecule has 6 nitrogen and oxygen atoms in total. The number of fused-ring (bicyclic) bond motifs is 1. The molecule has 2 heterocycles. The Bertz CT molecular complexity index is 794. The molecule has 0 aliphatic heterocycles. The number of hydrogen-bond donors (Lipinski definition) is 3. The first-order chi connectivity index (χ1) is 12.0. The van der Waals surface area contributed by atoms with Crippen molar-refractivity contribution in [1.29, 1.82) is 0 Å². The summed E-state index contributed by atoms with van der Waals surface area (Å²) in [6.45, 7) is 2.46. The van der Waals surface area contributed by atoms with Crippen molar-refractivity contribution in [2.24, 2.45) is 0 Å². The summed E-state index contributed by atoms with van der Waals surface area (Å²) in [4.78, 5) is 23.4. The number of amides is 2. The lowest BCUT2D eigenvalue weighted by atomic mass is 10.2. The Morgan fingerprint density at radius 2 is 2.08 bits per heavy atom. The van der Waals surface area contributed by atoms with Gasteiger partial charge in [-0.15, -0.1) is 11.3 Å². The topological polar surface area (TPSA) is 73.1 Å². The molecule has 25 heavy (non-hydrogen) atoms. The zero-order chi connectivity index (χ0) is 17.8. The summed E-state index contributed by atoms with van der Waals surface area (Å²) in [6, 6.07) is 11.7. The zero-order valence-electron chi connectivity index (χ0n) is 14.6. The third-order valence-corrected chi connectivity index (χ3v) is 5.09. The zero-order valence-corrected chi connectivity index (χ0v) is 15.4. The molecule has 0 aliphatic carbocycles. The second-order valence-corrected chi connectivity index (χ2v) is 7.19. The second-order valence-electron chi connectivity index (χ2n) is 6.21. The summed E-state index contributed by atoms with van der Waals surface area (Å²) in [6.07, 6.45) is 0. The van der Waals surface area contributed by atoms with Gasteiger partial charge < -0.3 is 20.5 Å². The number of urea groups is 1. The smallest absolute Gasteiger partial charge is 0.315 e. The van der Waals surface area contributed by atoms with E-state index in [0.29, 0.717) is 6.54 Å². The van der Waals surface area contributed by atoms with Crippen molar-refractivity contribution in [2.45, 2.75) is 19.0 Å². The van der Waals surface area contributed by atoms with E-state index in [2.05, 4.69) is 36.9 Å². The Balaban J connectivity index is 1.58. The maximum atomic E-state index is 12.3. The van der Waals surface area contributed by atoms with Gasteiger partial charge >= 0.3 is 6.03 Å². The highest BCUT2D eigenvalue weighted by molar-refractivity contribution is 7.10. The second kappa shape index (κ2) is 7.67. The van der Waals surface area contributed by atoms with Crippen molar-refractivity contribution in [3.8, 4) is 0 Å². The average Bonchev–Trinajstić information content (AvgIpc) is 3.24. The molecule has 0 aliphatic rings. The Kier molecular flexibility index (Phi) is 5.35. The molecular weight excluding hydrogens is 334 g/mol. The van der Waals surface area contributed by atoms with E-state index >= 15 is 0 Å². The van der Waals surface area contributed by atoms with E-state index in [1.165, 1.54) is 4.88 Å². The highest BCUT2D eigenvalue weighted by Gasteiger charge is 2.18. The third kappa shape index (κ3) is 4.18. The van der Waals surface area contributed by atoms with Gasteiger partial charge in [-0.1, -0.05) is 18.2 Å². The number of para-hydroxylation sites is 2. The fourth-order valence-electron chi connectivity index (χ4n) is 2.70. The molecule has 3 N–H and O–H groups in total. The molecule has 3 rings (SSSR count). The number of likely N-dealkylation sites (N-methyl/N-ethyl adjacent to an activating group) is 1. The number of aromatic nitrogens is 2. The van der Waals surface area contributed by atoms with E-state index in [-0.39, 0.29) is 18.1 Å². The van der Waals surface area contributed by atoms with Crippen molar-refractivity contribution in [1.82, 2.24) is 25.5 Å². The number of H-pyrrole nitrogens is 1. The van der Waals surface area contributed by atoms with Gasteiger partial charge in [0.05, 0.1) is 23.1 Å². The summed E-state index contributed by atoms with van der Waals surface area (Å²) in [7, 11) is 4.03. The van der Waals surface area contributed by atoms with Crippen molar-refractivity contribution in [2.75, 3.05) is 20.6 Å². The van der Waals surface area contributed by atoms with Gasteiger partial charge in [-0.25, -0.2) is 9.78 Å². The normalized spacial score (nSPS) is 13.8. The number of nitrogens with one attached hydrogen (secondary N) is 3. The van der Waals surface area contributed by atoms with Crippen molar-refractivity contribution < 1.29 is 4.79 Å². The fourth-order valence-corrected chi connectivity index (χ4v) is 3.62. The minimum Gasteiger partial charge on any atom is -0.340 e. The quantitative estimate of drug-likeness (QED) is 0.634. The average molecular weight is 357 g/mol. The van der Waals surface area contributed by atoms with Gasteiger partial charge in [0.2, 0.25) is 0 Å². The van der Waals surface area contributed by atoms with E-state index < -0.39 is 0 Å². The van der Waals surface area contributed by atoms with Crippen molar-refractivity contribution in [3.63, 3.8) is 0 Å². The first kappa shape index (κ1) is 17.4. The summed E-state index contributed by atoms with van der Waals surface area (Å²) in [5.41, 5.74) is 1.87. The highest BCUT2D eigenvalue weighted by Crippen LogP contribution is 2.22. The van der Waals surface area contributed by atoms with Crippen LogP contribution in [0.5, 0.6) is 0 Å². The van der Waals surface area contributed by atoms with Gasteiger partial charge in [-0.2, -0.15) is 0 Å². The number of carbonyl (C=O) groups is 1. The van der Waals surface area contributed by atoms with Gasteiger partial charge in [0.25, 0.3) is 0 Å². The van der Waals surface area contributed by atoms with E-state index in [0.717, 1.165) is 16.9 Å². The van der Waals surface area contributed by atoms with Crippen LogP contribution in [0.15, 0.2) is 41.8 Å². The summed E-state index contributed by atoms with van der Waals surface area (Å²) >= 11 is 1.70. The number of benzene rings is 1. The molecule has 0 saturated heterocycles. The van der Waals surface area contributed by atoms with E-state index in [9.17, 15) is 4.79 Å². The Morgan fingerprint density at radius 1 is 1.28 bits per heavy atom. The SMILES string of the molecule is CC(NC(=O)NCC(c1cccs1)N(C)C)c1nc2ccccc2[nH]1. The van der Waals surface area contributed by atoms with Crippen LogP contribution in [0, 0.1) is 0 Å². The van der Waals surface area contributed by atoms with Crippen molar-refractivity contribution in [3.05, 3.63) is 52.5 Å². The standard InChI is InChI=1S/C18H23N5OS/c1-12(17-21-13-7-4-5-8-14(13)22-17)20-18(24)19-11-15(23(2)3)16-9-6-10-25-16/h4-10,12,15H,11H2,1-3H3,(H,21,22)(H2,19,20,24). The number of aromatic amines is 1. The van der Waals surface area contributed by atoms with Crippen LogP contribution in [0.25, 0.3) is 11.0 Å². The molecule has 0 radical (unpaired) electrons. The maximum absolute atomic E-state index is 12.3. The lowest BCUT2D eigenvalue weighted by Crippen LogP contribution is -2.41. The molecule has 132 valence electrons. The summed E-state index contributed by atoms with van der Waals surface area (Å²) < 4.78 is 0. The monoisotopic (exact) mass is 357 g/mol. The van der Waals surface area contributed by atoms with E-state index in [1.54, 1.807) is 11.3 Å². The van der Waals surface area contributed by atoms with Gasteiger partial charge in [-0.05, 0) is 44.6 Å². The predicted molar refractivity (Wildman–Crippen MR) is 102 cm³/mol. The summed E-state index contributed by atoms with van der Waals surface area (Å²) in [5.74, 6) is 0.749. The van der Waals surface area contributed by atoms with Crippen LogP contribution in [-0.4, -0.2) is 41.5 Å². The highest BCUT2D eigenvalue weighted by atomic mass is 32.1. The predicted octanol–water partition coefficient (Wildman–Crippen LogP) is 3.29. The lowest BCUT2D eigenvalue weighted by Gasteiger charge is -2.24. The first-order valence-corrected chi connectivity index (χ1v) is 9.11. The fraction of sp³-hybridized carbons (Fsp3) is 0.333. The van der Waals surface area contributed by atoms with Crippen molar-refractivity contribution >= 4 is 28.4 Å². The molecule has 0 spiro atoms. The molecule has 0 fully saturated rings. The number of rotatable bonds is 6. The Hall–Kier alpha value is -2.38. The number of carbonyl (C=O) groups excluding carboxylic acids is 1. The van der Waals surface area contributed by atoms with Crippen LogP contribution in [0.3, 0.4) is 0 Å². The number of hydrogen-bond acceptors (Lipinski definition) is 4. The minimum atomic E-state index is -0.202.